The van der Waals surface area contributed by atoms with Gasteiger partial charge in [0.05, 0.1) is 13.0 Å². The largest absolute Gasteiger partial charge is 0.497 e. The first-order chi connectivity index (χ1) is 10.6. The molecule has 0 aliphatic carbocycles. The predicted octanol–water partition coefficient (Wildman–Crippen LogP) is 1.86. The van der Waals surface area contributed by atoms with Crippen molar-refractivity contribution >= 4 is 18.3 Å². The van der Waals surface area contributed by atoms with E-state index in [0.717, 1.165) is 30.0 Å². The number of methoxy groups -OCH3 is 1. The number of rotatable bonds is 3. The third-order valence-electron chi connectivity index (χ3n) is 4.80. The third kappa shape index (κ3) is 3.56. The van der Waals surface area contributed by atoms with Crippen LogP contribution in [0.1, 0.15) is 18.9 Å². The molecule has 2 aliphatic heterocycles. The highest BCUT2D eigenvalue weighted by atomic mass is 35.5. The number of carbonyl (C=O) groups is 1. The molecule has 1 fully saturated rings. The summed E-state index contributed by atoms with van der Waals surface area (Å²) in [5, 5.41) is 0. The van der Waals surface area contributed by atoms with E-state index in [2.05, 4.69) is 6.92 Å². The molecule has 1 aromatic carbocycles. The fourth-order valence-electron chi connectivity index (χ4n) is 3.51. The van der Waals surface area contributed by atoms with Gasteiger partial charge in [0, 0.05) is 12.6 Å². The zero-order valence-corrected chi connectivity index (χ0v) is 14.5. The molecule has 0 radical (unpaired) electrons. The first-order valence-electron chi connectivity index (χ1n) is 7.92. The smallest absolute Gasteiger partial charge is 0.229 e. The molecule has 0 aromatic heterocycles. The van der Waals surface area contributed by atoms with Crippen LogP contribution in [-0.4, -0.2) is 43.7 Å². The summed E-state index contributed by atoms with van der Waals surface area (Å²) in [7, 11) is 1.65. The second-order valence-corrected chi connectivity index (χ2v) is 6.36. The summed E-state index contributed by atoms with van der Waals surface area (Å²) in [4.78, 5) is 14.8. The monoisotopic (exact) mass is 340 g/mol. The summed E-state index contributed by atoms with van der Waals surface area (Å²) in [6.07, 6.45) is 1.71. The summed E-state index contributed by atoms with van der Waals surface area (Å²) >= 11 is 0. The van der Waals surface area contributed by atoms with Crippen molar-refractivity contribution in [3.8, 4) is 11.5 Å². The van der Waals surface area contributed by atoms with E-state index in [-0.39, 0.29) is 30.3 Å². The van der Waals surface area contributed by atoms with E-state index in [1.807, 2.05) is 23.1 Å². The van der Waals surface area contributed by atoms with Gasteiger partial charge in [-0.15, -0.1) is 12.4 Å². The van der Waals surface area contributed by atoms with Crippen molar-refractivity contribution < 1.29 is 14.3 Å². The van der Waals surface area contributed by atoms with Gasteiger partial charge in [0.2, 0.25) is 5.91 Å². The number of halogens is 1. The lowest BCUT2D eigenvalue weighted by atomic mass is 9.95. The molecule has 23 heavy (non-hydrogen) atoms. The van der Waals surface area contributed by atoms with E-state index >= 15 is 0 Å². The maximum atomic E-state index is 12.8. The van der Waals surface area contributed by atoms with Gasteiger partial charge in [-0.2, -0.15) is 0 Å². The summed E-state index contributed by atoms with van der Waals surface area (Å²) in [6, 6.07) is 6.03. The molecular formula is C17H25ClN2O3. The minimum atomic E-state index is -0.112. The van der Waals surface area contributed by atoms with Crippen molar-refractivity contribution in [1.82, 2.24) is 4.90 Å². The molecule has 0 bridgehead atoms. The van der Waals surface area contributed by atoms with Gasteiger partial charge in [-0.05, 0) is 56.0 Å². The Labute approximate surface area is 143 Å². The van der Waals surface area contributed by atoms with Crippen LogP contribution in [0.15, 0.2) is 18.2 Å². The lowest BCUT2D eigenvalue weighted by molar-refractivity contribution is -0.137. The van der Waals surface area contributed by atoms with Crippen LogP contribution in [0.4, 0.5) is 0 Å². The first kappa shape index (κ1) is 17.9. The molecule has 3 rings (SSSR count). The fraction of sp³-hybridized carbons (Fsp3) is 0.588. The highest BCUT2D eigenvalue weighted by molar-refractivity contribution is 5.85. The standard InChI is InChI=1S/C17H24N2O3.ClH/c1-11-5-12(8-18)9-19(11)17(20)14-6-13-7-15(21-2)3-4-16(13)22-10-14;/h3-4,7,11-12,14H,5-6,8-10,18H2,1-2H3;1H. The number of nitrogens with zero attached hydrogens (tertiary/aromatic N) is 1. The third-order valence-corrected chi connectivity index (χ3v) is 4.80. The highest BCUT2D eigenvalue weighted by Crippen LogP contribution is 2.33. The molecule has 3 unspecified atom stereocenters. The summed E-state index contributed by atoms with van der Waals surface area (Å²) < 4.78 is 11.0. The second-order valence-electron chi connectivity index (χ2n) is 6.36. The predicted molar refractivity (Wildman–Crippen MR) is 91.3 cm³/mol. The molecule has 0 saturated carbocycles. The van der Waals surface area contributed by atoms with Gasteiger partial charge in [-0.25, -0.2) is 0 Å². The van der Waals surface area contributed by atoms with Crippen LogP contribution in [0, 0.1) is 11.8 Å². The van der Waals surface area contributed by atoms with E-state index < -0.39 is 0 Å². The van der Waals surface area contributed by atoms with Crippen LogP contribution in [0.5, 0.6) is 11.5 Å². The van der Waals surface area contributed by atoms with E-state index in [9.17, 15) is 4.79 Å². The van der Waals surface area contributed by atoms with Gasteiger partial charge in [0.25, 0.3) is 0 Å². The zero-order chi connectivity index (χ0) is 15.7. The first-order valence-corrected chi connectivity index (χ1v) is 7.92. The lowest BCUT2D eigenvalue weighted by Gasteiger charge is -2.30. The Morgan fingerprint density at radius 2 is 2.26 bits per heavy atom. The SMILES string of the molecule is COc1ccc2c(c1)CC(C(=O)N1CC(CN)CC1C)CO2.Cl. The molecule has 1 amide bonds. The summed E-state index contributed by atoms with van der Waals surface area (Å²) in [5.41, 5.74) is 6.80. The number of likely N-dealkylation sites (tertiary alicyclic amines) is 1. The maximum Gasteiger partial charge on any atom is 0.229 e. The minimum Gasteiger partial charge on any atom is -0.497 e. The van der Waals surface area contributed by atoms with Crippen molar-refractivity contribution in [2.45, 2.75) is 25.8 Å². The van der Waals surface area contributed by atoms with Gasteiger partial charge in [-0.1, -0.05) is 0 Å². The maximum absolute atomic E-state index is 12.8. The Bertz CT molecular complexity index is 567. The van der Waals surface area contributed by atoms with Crippen molar-refractivity contribution in [1.29, 1.82) is 0 Å². The van der Waals surface area contributed by atoms with Crippen LogP contribution < -0.4 is 15.2 Å². The molecule has 1 saturated heterocycles. The number of nitrogens with two attached hydrogens (primary N) is 1. The van der Waals surface area contributed by atoms with Gasteiger partial charge in [0.15, 0.2) is 0 Å². The van der Waals surface area contributed by atoms with Crippen molar-refractivity contribution in [2.24, 2.45) is 17.6 Å². The molecule has 0 spiro atoms. The molecule has 1 aromatic rings. The molecule has 5 nitrogen and oxygen atoms in total. The molecule has 2 heterocycles. The average Bonchev–Trinajstić information content (AvgIpc) is 2.94. The van der Waals surface area contributed by atoms with Gasteiger partial charge in [-0.3, -0.25) is 4.79 Å². The Balaban J connectivity index is 0.00000192. The van der Waals surface area contributed by atoms with E-state index in [1.165, 1.54) is 0 Å². The molecule has 3 atom stereocenters. The van der Waals surface area contributed by atoms with E-state index in [0.29, 0.717) is 25.5 Å². The zero-order valence-electron chi connectivity index (χ0n) is 13.7. The molecule has 6 heteroatoms. The van der Waals surface area contributed by atoms with Crippen LogP contribution in [-0.2, 0) is 11.2 Å². The topological polar surface area (TPSA) is 64.8 Å². The Morgan fingerprint density at radius 3 is 2.91 bits per heavy atom. The van der Waals surface area contributed by atoms with Crippen molar-refractivity contribution in [2.75, 3.05) is 26.8 Å². The number of benzene rings is 1. The Kier molecular flexibility index (Phi) is 5.76. The molecule has 2 N–H and O–H groups in total. The minimum absolute atomic E-state index is 0. The molecular weight excluding hydrogens is 316 g/mol. The second kappa shape index (κ2) is 7.41. The Morgan fingerprint density at radius 1 is 1.48 bits per heavy atom. The number of hydrogen-bond donors (Lipinski definition) is 1. The highest BCUT2D eigenvalue weighted by Gasteiger charge is 2.36. The molecule has 2 aliphatic rings. The quantitative estimate of drug-likeness (QED) is 0.912. The summed E-state index contributed by atoms with van der Waals surface area (Å²) in [5.74, 6) is 2.17. The number of carbonyl (C=O) groups excluding carboxylic acids is 1. The number of fused-ring (bicyclic) bond motifs is 1. The van der Waals surface area contributed by atoms with Gasteiger partial charge < -0.3 is 20.1 Å². The van der Waals surface area contributed by atoms with Crippen LogP contribution in [0.3, 0.4) is 0 Å². The van der Waals surface area contributed by atoms with Crippen LogP contribution >= 0.6 is 12.4 Å². The fourth-order valence-corrected chi connectivity index (χ4v) is 3.51. The Hall–Kier alpha value is -1.46. The van der Waals surface area contributed by atoms with Crippen molar-refractivity contribution in [3.63, 3.8) is 0 Å². The normalized spacial score (nSPS) is 26.0. The van der Waals surface area contributed by atoms with E-state index in [4.69, 9.17) is 15.2 Å². The van der Waals surface area contributed by atoms with Crippen LogP contribution in [0.25, 0.3) is 0 Å². The van der Waals surface area contributed by atoms with Gasteiger partial charge in [0.1, 0.15) is 18.1 Å². The molecule has 128 valence electrons. The number of hydrogen-bond acceptors (Lipinski definition) is 4. The number of amides is 1. The lowest BCUT2D eigenvalue weighted by Crippen LogP contribution is -2.42. The van der Waals surface area contributed by atoms with Crippen molar-refractivity contribution in [3.05, 3.63) is 23.8 Å². The summed E-state index contributed by atoms with van der Waals surface area (Å²) in [6.45, 7) is 3.98. The average molecular weight is 341 g/mol. The van der Waals surface area contributed by atoms with Gasteiger partial charge >= 0.3 is 0 Å². The van der Waals surface area contributed by atoms with E-state index in [1.54, 1.807) is 7.11 Å². The van der Waals surface area contributed by atoms with Crippen LogP contribution in [0.2, 0.25) is 0 Å². The number of ether oxygens (including phenoxy) is 2.